The van der Waals surface area contributed by atoms with E-state index in [0.717, 1.165) is 0 Å². The molecule has 0 fully saturated rings. The molecule has 0 aliphatic heterocycles. The van der Waals surface area contributed by atoms with Crippen molar-refractivity contribution in [3.8, 4) is 5.75 Å². The van der Waals surface area contributed by atoms with Crippen molar-refractivity contribution >= 4 is 27.3 Å². The van der Waals surface area contributed by atoms with Crippen LogP contribution in [0.4, 0.5) is 5.69 Å². The number of ether oxygens (including phenoxy) is 1. The Morgan fingerprint density at radius 3 is 2.43 bits per heavy atom. The van der Waals surface area contributed by atoms with Crippen LogP contribution in [-0.4, -0.2) is 15.5 Å². The van der Waals surface area contributed by atoms with Crippen molar-refractivity contribution in [3.05, 3.63) is 17.2 Å². The van der Waals surface area contributed by atoms with Crippen molar-refractivity contribution in [2.24, 2.45) is 5.14 Å². The molecule has 0 aromatic heterocycles. The maximum absolute atomic E-state index is 11.1. The summed E-state index contributed by atoms with van der Waals surface area (Å²) in [5.74, 6) is 0.0781. The minimum atomic E-state index is -3.93. The highest BCUT2D eigenvalue weighted by Crippen LogP contribution is 2.33. The van der Waals surface area contributed by atoms with Gasteiger partial charge in [0.1, 0.15) is 10.6 Å². The number of nitrogen functional groups attached to an aromatic ring is 1. The van der Waals surface area contributed by atoms with E-state index in [0.29, 0.717) is 0 Å². The highest BCUT2D eigenvalue weighted by Gasteiger charge is 2.20. The highest BCUT2D eigenvalue weighted by molar-refractivity contribution is 7.89. The molecule has 0 spiro atoms. The molecule has 0 aliphatic rings. The molecule has 1 rings (SSSR count). The van der Waals surface area contributed by atoms with Crippen molar-refractivity contribution in [1.82, 2.24) is 0 Å². The summed E-state index contributed by atoms with van der Waals surface area (Å²) in [6.07, 6.45) is 0. The standard InChI is InChI=1S/C7H9ClN2O3S/c1-13-5-3-2-4(8)6(9)7(5)14(10,11)12/h2-3H,9H2,1H3,(H2,10,11,12). The van der Waals surface area contributed by atoms with Gasteiger partial charge in [-0.2, -0.15) is 0 Å². The van der Waals surface area contributed by atoms with E-state index in [4.69, 9.17) is 27.2 Å². The van der Waals surface area contributed by atoms with Crippen molar-refractivity contribution in [3.63, 3.8) is 0 Å². The van der Waals surface area contributed by atoms with Gasteiger partial charge in [0.25, 0.3) is 0 Å². The van der Waals surface area contributed by atoms with Crippen molar-refractivity contribution < 1.29 is 13.2 Å². The van der Waals surface area contributed by atoms with Crippen LogP contribution >= 0.6 is 11.6 Å². The molecule has 0 atom stereocenters. The van der Waals surface area contributed by atoms with Crippen LogP contribution in [0.5, 0.6) is 5.75 Å². The van der Waals surface area contributed by atoms with Crippen LogP contribution in [0.2, 0.25) is 5.02 Å². The molecule has 0 saturated heterocycles. The first-order chi connectivity index (χ1) is 6.38. The Balaban J connectivity index is 3.60. The SMILES string of the molecule is COc1ccc(Cl)c(N)c1S(N)(=O)=O. The van der Waals surface area contributed by atoms with Gasteiger partial charge in [0, 0.05) is 0 Å². The van der Waals surface area contributed by atoms with Crippen molar-refractivity contribution in [2.45, 2.75) is 4.90 Å². The Morgan fingerprint density at radius 2 is 2.00 bits per heavy atom. The molecule has 78 valence electrons. The molecule has 1 aromatic rings. The lowest BCUT2D eigenvalue weighted by Gasteiger charge is -2.09. The van der Waals surface area contributed by atoms with Crippen LogP contribution in [0.3, 0.4) is 0 Å². The van der Waals surface area contributed by atoms with Gasteiger partial charge in [-0.05, 0) is 12.1 Å². The van der Waals surface area contributed by atoms with Crippen LogP contribution in [0.25, 0.3) is 0 Å². The third kappa shape index (κ3) is 1.92. The Bertz CT molecular complexity index is 458. The Hall–Kier alpha value is -0.980. The van der Waals surface area contributed by atoms with Crippen molar-refractivity contribution in [1.29, 1.82) is 0 Å². The molecule has 0 amide bonds. The number of benzene rings is 1. The molecule has 0 aliphatic carbocycles. The molecule has 0 heterocycles. The smallest absolute Gasteiger partial charge is 0.243 e. The van der Waals surface area contributed by atoms with Gasteiger partial charge in [-0.3, -0.25) is 0 Å². The third-order valence-electron chi connectivity index (χ3n) is 1.61. The molecule has 0 saturated carbocycles. The molecular formula is C7H9ClN2O3S. The predicted molar refractivity (Wildman–Crippen MR) is 53.8 cm³/mol. The second-order valence-corrected chi connectivity index (χ2v) is 4.44. The first-order valence-electron chi connectivity index (χ1n) is 3.52. The summed E-state index contributed by atoms with van der Waals surface area (Å²) in [4.78, 5) is -0.285. The summed E-state index contributed by atoms with van der Waals surface area (Å²) in [5.41, 5.74) is 5.37. The van der Waals surface area contributed by atoms with E-state index in [1.807, 2.05) is 0 Å². The van der Waals surface area contributed by atoms with Gasteiger partial charge in [-0.15, -0.1) is 0 Å². The number of hydrogen-bond donors (Lipinski definition) is 2. The van der Waals surface area contributed by atoms with E-state index in [1.54, 1.807) is 0 Å². The molecule has 0 radical (unpaired) electrons. The fourth-order valence-corrected chi connectivity index (χ4v) is 2.07. The summed E-state index contributed by atoms with van der Waals surface area (Å²) < 4.78 is 27.1. The quantitative estimate of drug-likeness (QED) is 0.734. The molecular weight excluding hydrogens is 228 g/mol. The lowest BCUT2D eigenvalue weighted by Crippen LogP contribution is -2.15. The summed E-state index contributed by atoms with van der Waals surface area (Å²) in [6, 6.07) is 2.82. The first-order valence-corrected chi connectivity index (χ1v) is 5.45. The molecule has 4 N–H and O–H groups in total. The average molecular weight is 237 g/mol. The van der Waals surface area contributed by atoms with E-state index >= 15 is 0 Å². The molecule has 5 nitrogen and oxygen atoms in total. The second-order valence-electron chi connectivity index (χ2n) is 2.54. The minimum Gasteiger partial charge on any atom is -0.495 e. The van der Waals surface area contributed by atoms with Gasteiger partial charge >= 0.3 is 0 Å². The van der Waals surface area contributed by atoms with E-state index in [-0.39, 0.29) is 21.4 Å². The Morgan fingerprint density at radius 1 is 1.43 bits per heavy atom. The molecule has 0 unspecified atom stereocenters. The Labute approximate surface area is 86.7 Å². The van der Waals surface area contributed by atoms with E-state index in [2.05, 4.69) is 0 Å². The van der Waals surface area contributed by atoms with Gasteiger partial charge in [0.15, 0.2) is 0 Å². The van der Waals surface area contributed by atoms with E-state index in [9.17, 15) is 8.42 Å². The monoisotopic (exact) mass is 236 g/mol. The number of sulfonamides is 1. The first kappa shape index (κ1) is 11.1. The summed E-state index contributed by atoms with van der Waals surface area (Å²) in [5, 5.41) is 5.08. The number of methoxy groups -OCH3 is 1. The minimum absolute atomic E-state index is 0.0781. The number of rotatable bonds is 2. The highest BCUT2D eigenvalue weighted by atomic mass is 35.5. The van der Waals surface area contributed by atoms with Gasteiger partial charge in [-0.1, -0.05) is 11.6 Å². The van der Waals surface area contributed by atoms with Gasteiger partial charge in [0.05, 0.1) is 17.8 Å². The van der Waals surface area contributed by atoms with Crippen molar-refractivity contribution in [2.75, 3.05) is 12.8 Å². The zero-order valence-corrected chi connectivity index (χ0v) is 8.89. The number of hydrogen-bond acceptors (Lipinski definition) is 4. The summed E-state index contributed by atoms with van der Waals surface area (Å²) in [7, 11) is -2.62. The fourth-order valence-electron chi connectivity index (χ4n) is 1.01. The van der Waals surface area contributed by atoms with E-state index in [1.165, 1.54) is 19.2 Å². The molecule has 1 aromatic carbocycles. The van der Waals surface area contributed by atoms with Gasteiger partial charge < -0.3 is 10.5 Å². The summed E-state index contributed by atoms with van der Waals surface area (Å²) >= 11 is 5.65. The normalized spacial score (nSPS) is 11.4. The molecule has 7 heteroatoms. The number of halogens is 1. The van der Waals surface area contributed by atoms with Crippen LogP contribution in [0.1, 0.15) is 0 Å². The number of primary sulfonamides is 1. The summed E-state index contributed by atoms with van der Waals surface area (Å²) in [6.45, 7) is 0. The predicted octanol–water partition coefficient (Wildman–Crippen LogP) is 0.578. The molecule has 0 bridgehead atoms. The average Bonchev–Trinajstić information content (AvgIpc) is 2.07. The Kier molecular flexibility index (Phi) is 2.89. The van der Waals surface area contributed by atoms with Crippen LogP contribution < -0.4 is 15.6 Å². The zero-order chi connectivity index (χ0) is 10.9. The second kappa shape index (κ2) is 3.64. The maximum Gasteiger partial charge on any atom is 0.243 e. The van der Waals surface area contributed by atoms with Crippen LogP contribution in [0.15, 0.2) is 17.0 Å². The van der Waals surface area contributed by atoms with Crippen LogP contribution in [0, 0.1) is 0 Å². The van der Waals surface area contributed by atoms with E-state index < -0.39 is 10.0 Å². The number of anilines is 1. The van der Waals surface area contributed by atoms with Gasteiger partial charge in [-0.25, -0.2) is 13.6 Å². The lowest BCUT2D eigenvalue weighted by atomic mass is 10.3. The topological polar surface area (TPSA) is 95.4 Å². The lowest BCUT2D eigenvalue weighted by molar-refractivity contribution is 0.403. The zero-order valence-electron chi connectivity index (χ0n) is 7.32. The van der Waals surface area contributed by atoms with Gasteiger partial charge in [0.2, 0.25) is 10.0 Å². The molecule has 14 heavy (non-hydrogen) atoms. The largest absolute Gasteiger partial charge is 0.495 e. The van der Waals surface area contributed by atoms with Crippen LogP contribution in [-0.2, 0) is 10.0 Å². The third-order valence-corrected chi connectivity index (χ3v) is 2.93. The number of nitrogens with two attached hydrogens (primary N) is 2. The fraction of sp³-hybridized carbons (Fsp3) is 0.143. The maximum atomic E-state index is 11.1.